The Morgan fingerprint density at radius 3 is 2.38 bits per heavy atom. The lowest BCUT2D eigenvalue weighted by Crippen LogP contribution is -2.36. The number of fused-ring (bicyclic) bond motifs is 2. The van der Waals surface area contributed by atoms with E-state index in [-0.39, 0.29) is 0 Å². The second-order valence-electron chi connectivity index (χ2n) is 6.06. The molecule has 0 aliphatic carbocycles. The molecule has 3 aromatic carbocycles. The highest BCUT2D eigenvalue weighted by atomic mass is 32.2. The fourth-order valence-electron chi connectivity index (χ4n) is 3.34. The molecule has 2 N–H and O–H groups in total. The molecule has 1 aliphatic rings. The highest BCUT2D eigenvalue weighted by Crippen LogP contribution is 2.31. The minimum absolute atomic E-state index is 0.326. The summed E-state index contributed by atoms with van der Waals surface area (Å²) in [5.41, 5.74) is 8.90. The lowest BCUT2D eigenvalue weighted by molar-refractivity contribution is 0.392. The van der Waals surface area contributed by atoms with Crippen LogP contribution in [0.3, 0.4) is 0 Å². The molecule has 0 fully saturated rings. The number of benzene rings is 3. The van der Waals surface area contributed by atoms with Crippen LogP contribution in [0.4, 0.5) is 5.69 Å². The van der Waals surface area contributed by atoms with Crippen molar-refractivity contribution in [1.82, 2.24) is 4.31 Å². The van der Waals surface area contributed by atoms with E-state index in [0.717, 1.165) is 17.4 Å². The van der Waals surface area contributed by atoms with Gasteiger partial charge in [-0.2, -0.15) is 4.31 Å². The van der Waals surface area contributed by atoms with E-state index in [4.69, 9.17) is 5.73 Å². The molecule has 0 unspecified atom stereocenters. The van der Waals surface area contributed by atoms with Crippen LogP contribution in [0.1, 0.15) is 11.1 Å². The van der Waals surface area contributed by atoms with Crippen molar-refractivity contribution in [1.29, 1.82) is 0 Å². The topological polar surface area (TPSA) is 63.4 Å². The predicted molar refractivity (Wildman–Crippen MR) is 96.1 cm³/mol. The van der Waals surface area contributed by atoms with Gasteiger partial charge in [-0.15, -0.1) is 0 Å². The number of rotatable bonds is 2. The third-order valence-corrected chi connectivity index (χ3v) is 6.53. The van der Waals surface area contributed by atoms with Gasteiger partial charge in [-0.05, 0) is 29.7 Å². The van der Waals surface area contributed by atoms with E-state index in [2.05, 4.69) is 6.07 Å². The van der Waals surface area contributed by atoms with Gasteiger partial charge in [-0.1, -0.05) is 48.5 Å². The van der Waals surface area contributed by atoms with Crippen LogP contribution in [0, 0.1) is 0 Å². The van der Waals surface area contributed by atoms with Gasteiger partial charge in [0.25, 0.3) is 0 Å². The predicted octanol–water partition coefficient (Wildman–Crippen LogP) is 3.17. The third-order valence-electron chi connectivity index (χ3n) is 4.63. The summed E-state index contributed by atoms with van der Waals surface area (Å²) < 4.78 is 28.0. The van der Waals surface area contributed by atoms with Crippen molar-refractivity contribution in [2.24, 2.45) is 0 Å². The third kappa shape index (κ3) is 2.37. The van der Waals surface area contributed by atoms with E-state index in [0.29, 0.717) is 29.1 Å². The van der Waals surface area contributed by atoms with E-state index in [9.17, 15) is 8.42 Å². The van der Waals surface area contributed by atoms with E-state index >= 15 is 0 Å². The van der Waals surface area contributed by atoms with E-state index in [1.807, 2.05) is 30.3 Å². The molecule has 0 aromatic heterocycles. The van der Waals surface area contributed by atoms with Crippen molar-refractivity contribution in [2.45, 2.75) is 17.9 Å². The zero-order chi connectivity index (χ0) is 16.7. The number of nitrogen functional groups attached to an aromatic ring is 1. The Balaban J connectivity index is 1.81. The number of sulfonamides is 1. The molecule has 4 rings (SSSR count). The van der Waals surface area contributed by atoms with Crippen LogP contribution in [0.15, 0.2) is 65.6 Å². The maximum atomic E-state index is 13.2. The van der Waals surface area contributed by atoms with Crippen LogP contribution >= 0.6 is 0 Å². The Morgan fingerprint density at radius 1 is 0.833 bits per heavy atom. The smallest absolute Gasteiger partial charge is 0.244 e. The van der Waals surface area contributed by atoms with Crippen molar-refractivity contribution in [3.63, 3.8) is 0 Å². The molecule has 0 amide bonds. The van der Waals surface area contributed by atoms with Gasteiger partial charge in [0.05, 0.1) is 4.90 Å². The van der Waals surface area contributed by atoms with Crippen LogP contribution in [0.5, 0.6) is 0 Å². The lowest BCUT2D eigenvalue weighted by Gasteiger charge is -2.28. The highest BCUT2D eigenvalue weighted by Gasteiger charge is 2.29. The average Bonchev–Trinajstić information content (AvgIpc) is 2.61. The standard InChI is InChI=1S/C19H18N2O2S/c20-18-9-3-8-17-16(18)7-4-10-19(17)24(22,23)21-12-11-14-5-1-2-6-15(14)13-21/h1-10H,11-13,20H2. The fraction of sp³-hybridized carbons (Fsp3) is 0.158. The van der Waals surface area contributed by atoms with Crippen molar-refractivity contribution in [3.8, 4) is 0 Å². The monoisotopic (exact) mass is 338 g/mol. The molecule has 4 nitrogen and oxygen atoms in total. The molecule has 0 saturated carbocycles. The largest absolute Gasteiger partial charge is 0.398 e. The first-order chi connectivity index (χ1) is 11.6. The summed E-state index contributed by atoms with van der Waals surface area (Å²) in [7, 11) is -3.57. The number of nitrogens with two attached hydrogens (primary N) is 1. The summed E-state index contributed by atoms with van der Waals surface area (Å²) in [6.45, 7) is 0.912. The van der Waals surface area contributed by atoms with Crippen molar-refractivity contribution in [3.05, 3.63) is 71.8 Å². The first-order valence-electron chi connectivity index (χ1n) is 7.91. The van der Waals surface area contributed by atoms with Crippen LogP contribution in [0.2, 0.25) is 0 Å². The van der Waals surface area contributed by atoms with Gasteiger partial charge in [0.15, 0.2) is 0 Å². The molecule has 1 aliphatic heterocycles. The van der Waals surface area contributed by atoms with E-state index < -0.39 is 10.0 Å². The van der Waals surface area contributed by atoms with Gasteiger partial charge < -0.3 is 5.73 Å². The fourth-order valence-corrected chi connectivity index (χ4v) is 4.97. The lowest BCUT2D eigenvalue weighted by atomic mass is 10.0. The molecular formula is C19H18N2O2S. The molecule has 5 heteroatoms. The minimum Gasteiger partial charge on any atom is -0.398 e. The van der Waals surface area contributed by atoms with Crippen LogP contribution < -0.4 is 5.73 Å². The molecule has 24 heavy (non-hydrogen) atoms. The summed E-state index contributed by atoms with van der Waals surface area (Å²) in [6.07, 6.45) is 0.738. The molecule has 0 radical (unpaired) electrons. The zero-order valence-electron chi connectivity index (χ0n) is 13.1. The van der Waals surface area contributed by atoms with Crippen molar-refractivity contribution in [2.75, 3.05) is 12.3 Å². The molecule has 0 bridgehead atoms. The van der Waals surface area contributed by atoms with Gasteiger partial charge in [0.1, 0.15) is 0 Å². The van der Waals surface area contributed by atoms with Gasteiger partial charge in [-0.3, -0.25) is 0 Å². The van der Waals surface area contributed by atoms with Gasteiger partial charge in [0.2, 0.25) is 10.0 Å². The zero-order valence-corrected chi connectivity index (χ0v) is 14.0. The molecular weight excluding hydrogens is 320 g/mol. The second-order valence-corrected chi connectivity index (χ2v) is 7.96. The number of nitrogens with zero attached hydrogens (tertiary/aromatic N) is 1. The van der Waals surface area contributed by atoms with Gasteiger partial charge >= 0.3 is 0 Å². The molecule has 3 aromatic rings. The summed E-state index contributed by atoms with van der Waals surface area (Å²) in [4.78, 5) is 0.326. The SMILES string of the molecule is Nc1cccc2c(S(=O)(=O)N3CCc4ccccc4C3)cccc12. The number of anilines is 1. The highest BCUT2D eigenvalue weighted by molar-refractivity contribution is 7.89. The second kappa shape index (κ2) is 5.61. The average molecular weight is 338 g/mol. The quantitative estimate of drug-likeness (QED) is 0.730. The Labute approximate surface area is 141 Å². The molecule has 0 spiro atoms. The van der Waals surface area contributed by atoms with E-state index in [1.165, 1.54) is 5.56 Å². The van der Waals surface area contributed by atoms with Crippen LogP contribution in [0.25, 0.3) is 10.8 Å². The first-order valence-corrected chi connectivity index (χ1v) is 9.35. The maximum Gasteiger partial charge on any atom is 0.244 e. The first kappa shape index (κ1) is 15.2. The van der Waals surface area contributed by atoms with E-state index in [1.54, 1.807) is 28.6 Å². The van der Waals surface area contributed by atoms with Crippen LogP contribution in [-0.2, 0) is 23.0 Å². The summed E-state index contributed by atoms with van der Waals surface area (Å²) >= 11 is 0. The van der Waals surface area contributed by atoms with Crippen molar-refractivity contribution < 1.29 is 8.42 Å². The number of hydrogen-bond acceptors (Lipinski definition) is 3. The molecule has 1 heterocycles. The molecule has 0 atom stereocenters. The van der Waals surface area contributed by atoms with Gasteiger partial charge in [-0.25, -0.2) is 8.42 Å². The van der Waals surface area contributed by atoms with Crippen LogP contribution in [-0.4, -0.2) is 19.3 Å². The van der Waals surface area contributed by atoms with Crippen molar-refractivity contribution >= 4 is 26.5 Å². The Hall–Kier alpha value is -2.37. The Bertz CT molecular complexity index is 1030. The van der Waals surface area contributed by atoms with Gasteiger partial charge in [0, 0.05) is 29.5 Å². The minimum atomic E-state index is -3.57. The maximum absolute atomic E-state index is 13.2. The summed E-state index contributed by atoms with van der Waals surface area (Å²) in [5, 5.41) is 1.45. The summed E-state index contributed by atoms with van der Waals surface area (Å²) in [6, 6.07) is 18.7. The summed E-state index contributed by atoms with van der Waals surface area (Å²) in [5.74, 6) is 0. The normalized spacial score (nSPS) is 15.3. The Morgan fingerprint density at radius 2 is 1.54 bits per heavy atom. The number of hydrogen-bond donors (Lipinski definition) is 1. The molecule has 122 valence electrons. The Kier molecular flexibility index (Phi) is 3.55. The molecule has 0 saturated heterocycles.